The number of benzene rings is 2. The smallest absolute Gasteiger partial charge is 0.262 e. The lowest BCUT2D eigenvalue weighted by atomic mass is 10.0. The fraction of sp³-hybridized carbons (Fsp3) is 0.174. The number of nitrogens with one attached hydrogen (secondary N) is 1. The fourth-order valence-corrected chi connectivity index (χ4v) is 3.67. The fourth-order valence-electron chi connectivity index (χ4n) is 3.67. The van der Waals surface area contributed by atoms with Crippen LogP contribution in [-0.2, 0) is 4.79 Å². The van der Waals surface area contributed by atoms with Gasteiger partial charge in [-0.05, 0) is 76.7 Å². The summed E-state index contributed by atoms with van der Waals surface area (Å²) in [6, 6.07) is 18.5. The molecule has 0 fully saturated rings. The number of rotatable bonds is 7. The van der Waals surface area contributed by atoms with E-state index in [9.17, 15) is 4.79 Å². The van der Waals surface area contributed by atoms with Gasteiger partial charge in [0.25, 0.3) is 5.91 Å². The molecule has 5 rings (SSSR count). The Balaban J connectivity index is 1.31. The molecule has 0 saturated carbocycles. The Morgan fingerprint density at radius 1 is 1.15 bits per heavy atom. The summed E-state index contributed by atoms with van der Waals surface area (Å²) < 4.78 is 12.4. The third-order valence-electron chi connectivity index (χ3n) is 5.39. The van der Waals surface area contributed by atoms with Crippen molar-refractivity contribution in [1.29, 1.82) is 0 Å². The second kappa shape index (κ2) is 8.95. The Bertz CT molecular complexity index is 1230. The van der Waals surface area contributed by atoms with E-state index in [1.165, 1.54) is 11.3 Å². The molecule has 4 aromatic rings. The molecule has 10 nitrogen and oxygen atoms in total. The van der Waals surface area contributed by atoms with Crippen molar-refractivity contribution >= 4 is 17.3 Å². The molecule has 0 aliphatic carbocycles. The van der Waals surface area contributed by atoms with Crippen LogP contribution in [0.1, 0.15) is 23.8 Å². The first-order chi connectivity index (χ1) is 16.2. The van der Waals surface area contributed by atoms with Crippen molar-refractivity contribution in [3.05, 3.63) is 84.6 Å². The number of hydrazone groups is 1. The highest BCUT2D eigenvalue weighted by atomic mass is 16.5. The highest BCUT2D eigenvalue weighted by molar-refractivity contribution is 6.03. The van der Waals surface area contributed by atoms with Gasteiger partial charge in [0.2, 0.25) is 0 Å². The van der Waals surface area contributed by atoms with Crippen molar-refractivity contribution in [1.82, 2.24) is 25.2 Å². The lowest BCUT2D eigenvalue weighted by Gasteiger charge is -2.20. The number of aromatic nitrogens is 4. The summed E-state index contributed by atoms with van der Waals surface area (Å²) in [5.41, 5.74) is 3.38. The molecular formula is C23H21N7O3. The summed E-state index contributed by atoms with van der Waals surface area (Å²) in [5.74, 6) is 1.30. The summed E-state index contributed by atoms with van der Waals surface area (Å²) >= 11 is 0. The maximum Gasteiger partial charge on any atom is 0.262 e. The molecule has 1 atom stereocenters. The topological polar surface area (TPSA) is 111 Å². The van der Waals surface area contributed by atoms with E-state index in [-0.39, 0.29) is 18.5 Å². The van der Waals surface area contributed by atoms with E-state index in [2.05, 4.69) is 25.9 Å². The van der Waals surface area contributed by atoms with Gasteiger partial charge < -0.3 is 14.5 Å². The summed E-state index contributed by atoms with van der Waals surface area (Å²) in [7, 11) is 1.63. The van der Waals surface area contributed by atoms with Gasteiger partial charge in [0.05, 0.1) is 31.3 Å². The highest BCUT2D eigenvalue weighted by Crippen LogP contribution is 2.33. The summed E-state index contributed by atoms with van der Waals surface area (Å²) in [4.78, 5) is 13.1. The van der Waals surface area contributed by atoms with Crippen LogP contribution >= 0.6 is 0 Å². The number of anilines is 1. The van der Waals surface area contributed by atoms with Crippen LogP contribution in [0.2, 0.25) is 0 Å². The van der Waals surface area contributed by atoms with Gasteiger partial charge in [0.1, 0.15) is 23.9 Å². The van der Waals surface area contributed by atoms with E-state index in [1.54, 1.807) is 18.1 Å². The van der Waals surface area contributed by atoms with Gasteiger partial charge in [0, 0.05) is 12.1 Å². The molecular weight excluding hydrogens is 422 g/mol. The van der Waals surface area contributed by atoms with Crippen LogP contribution in [0.3, 0.4) is 0 Å². The van der Waals surface area contributed by atoms with Crippen molar-refractivity contribution in [3.8, 4) is 11.4 Å². The predicted octanol–water partition coefficient (Wildman–Crippen LogP) is 3.05. The molecule has 0 bridgehead atoms. The molecule has 1 amide bonds. The molecule has 33 heavy (non-hydrogen) atoms. The summed E-state index contributed by atoms with van der Waals surface area (Å²) in [5, 5.41) is 20.4. The number of carbonyl (C=O) groups is 1. The zero-order valence-electron chi connectivity index (χ0n) is 17.8. The number of hydrogen-bond donors (Lipinski definition) is 1. The van der Waals surface area contributed by atoms with E-state index in [4.69, 9.17) is 9.15 Å². The molecule has 166 valence electrons. The molecule has 1 N–H and O–H groups in total. The minimum absolute atomic E-state index is 0.0842. The van der Waals surface area contributed by atoms with Crippen LogP contribution in [0, 0.1) is 0 Å². The number of nitrogens with zero attached hydrogens (tertiary/aromatic N) is 6. The molecule has 2 aromatic heterocycles. The van der Waals surface area contributed by atoms with E-state index >= 15 is 0 Å². The normalized spacial score (nSPS) is 15.4. The first kappa shape index (κ1) is 20.4. The standard InChI is InChI=1S/C23H21N7O3/c1-32-19-10-4-16(5-11-19)20-13-21(22-3-2-12-33-22)30(26-20)23(31)14-24-17-6-8-18(9-7-17)29-15-25-27-28-29/h2-12,15,21,24H,13-14H2,1H3/t21-/m1/s1. The van der Waals surface area contributed by atoms with Gasteiger partial charge in [0.15, 0.2) is 0 Å². The largest absolute Gasteiger partial charge is 0.497 e. The number of methoxy groups -OCH3 is 1. The average molecular weight is 443 g/mol. The van der Waals surface area contributed by atoms with E-state index in [0.717, 1.165) is 28.4 Å². The molecule has 10 heteroatoms. The number of hydrogen-bond acceptors (Lipinski definition) is 8. The summed E-state index contributed by atoms with van der Waals surface area (Å²) in [6.45, 7) is 0.0842. The maximum absolute atomic E-state index is 13.1. The van der Waals surface area contributed by atoms with Gasteiger partial charge in [-0.15, -0.1) is 5.10 Å². The third-order valence-corrected chi connectivity index (χ3v) is 5.39. The first-order valence-corrected chi connectivity index (χ1v) is 10.4. The zero-order valence-corrected chi connectivity index (χ0v) is 17.8. The number of ether oxygens (including phenoxy) is 1. The van der Waals surface area contributed by atoms with Crippen LogP contribution in [0.15, 0.2) is 82.8 Å². The molecule has 3 heterocycles. The molecule has 2 aromatic carbocycles. The minimum atomic E-state index is -0.298. The van der Waals surface area contributed by atoms with Crippen LogP contribution < -0.4 is 10.1 Å². The lowest BCUT2D eigenvalue weighted by Crippen LogP contribution is -2.32. The first-order valence-electron chi connectivity index (χ1n) is 10.4. The van der Waals surface area contributed by atoms with Gasteiger partial charge in [-0.3, -0.25) is 4.79 Å². The zero-order chi connectivity index (χ0) is 22.6. The SMILES string of the molecule is COc1ccc(C2=NN(C(=O)CNc3ccc(-n4cnnn4)cc3)[C@@H](c3ccco3)C2)cc1. The van der Waals surface area contributed by atoms with E-state index < -0.39 is 0 Å². The van der Waals surface area contributed by atoms with E-state index in [1.807, 2.05) is 60.7 Å². The number of amides is 1. The van der Waals surface area contributed by atoms with Crippen LogP contribution in [0.5, 0.6) is 5.75 Å². The Kier molecular flexibility index (Phi) is 5.54. The highest BCUT2D eigenvalue weighted by Gasteiger charge is 2.34. The Labute approximate surface area is 189 Å². The lowest BCUT2D eigenvalue weighted by molar-refractivity contribution is -0.131. The molecule has 0 saturated heterocycles. The second-order valence-electron chi connectivity index (χ2n) is 7.40. The Hall–Kier alpha value is -4.47. The van der Waals surface area contributed by atoms with Crippen molar-refractivity contribution < 1.29 is 13.9 Å². The molecule has 0 spiro atoms. The monoisotopic (exact) mass is 443 g/mol. The number of furan rings is 1. The number of tetrazole rings is 1. The van der Waals surface area contributed by atoms with Crippen LogP contribution in [0.25, 0.3) is 5.69 Å². The van der Waals surface area contributed by atoms with Gasteiger partial charge in [-0.1, -0.05) is 0 Å². The van der Waals surface area contributed by atoms with Crippen LogP contribution in [0.4, 0.5) is 5.69 Å². The molecule has 1 aliphatic rings. The average Bonchev–Trinajstić information content (AvgIpc) is 3.64. The maximum atomic E-state index is 13.1. The van der Waals surface area contributed by atoms with Crippen molar-refractivity contribution in [2.45, 2.75) is 12.5 Å². The third kappa shape index (κ3) is 4.31. The Morgan fingerprint density at radius 2 is 1.97 bits per heavy atom. The van der Waals surface area contributed by atoms with Gasteiger partial charge >= 0.3 is 0 Å². The van der Waals surface area contributed by atoms with Gasteiger partial charge in [-0.25, -0.2) is 9.69 Å². The number of carbonyl (C=O) groups excluding carboxylic acids is 1. The Morgan fingerprint density at radius 3 is 2.64 bits per heavy atom. The van der Waals surface area contributed by atoms with Crippen molar-refractivity contribution in [2.24, 2.45) is 5.10 Å². The quantitative estimate of drug-likeness (QED) is 0.467. The van der Waals surface area contributed by atoms with Crippen molar-refractivity contribution in [2.75, 3.05) is 19.0 Å². The molecule has 0 unspecified atom stereocenters. The molecule has 1 aliphatic heterocycles. The van der Waals surface area contributed by atoms with Crippen molar-refractivity contribution in [3.63, 3.8) is 0 Å². The second-order valence-corrected chi connectivity index (χ2v) is 7.40. The van der Waals surface area contributed by atoms with Crippen LogP contribution in [-0.4, -0.2) is 50.5 Å². The predicted molar refractivity (Wildman–Crippen MR) is 120 cm³/mol. The minimum Gasteiger partial charge on any atom is -0.497 e. The van der Waals surface area contributed by atoms with Gasteiger partial charge in [-0.2, -0.15) is 5.10 Å². The molecule has 0 radical (unpaired) electrons. The summed E-state index contributed by atoms with van der Waals surface area (Å²) in [6.07, 6.45) is 3.69. The van der Waals surface area contributed by atoms with E-state index in [0.29, 0.717) is 12.2 Å².